The van der Waals surface area contributed by atoms with Crippen LogP contribution in [0.5, 0.6) is 0 Å². The van der Waals surface area contributed by atoms with E-state index in [0.29, 0.717) is 24.3 Å². The Bertz CT molecular complexity index is 1320. The van der Waals surface area contributed by atoms with Crippen molar-refractivity contribution in [1.82, 2.24) is 20.0 Å². The number of carbonyl (C=O) groups is 1. The van der Waals surface area contributed by atoms with Gasteiger partial charge < -0.3 is 15.1 Å². The van der Waals surface area contributed by atoms with Crippen molar-refractivity contribution in [3.63, 3.8) is 0 Å². The van der Waals surface area contributed by atoms with Gasteiger partial charge in [0.1, 0.15) is 17.6 Å². The molecule has 7 nitrogen and oxygen atoms in total. The molecule has 2 aliphatic rings. The summed E-state index contributed by atoms with van der Waals surface area (Å²) in [5.74, 6) is -1.42. The molecule has 1 amide bonds. The molecule has 1 atom stereocenters. The molecule has 2 aliphatic heterocycles. The van der Waals surface area contributed by atoms with Gasteiger partial charge in [-0.3, -0.25) is 4.79 Å². The summed E-state index contributed by atoms with van der Waals surface area (Å²) in [6.45, 7) is 2.95. The van der Waals surface area contributed by atoms with E-state index < -0.39 is 11.6 Å². The highest BCUT2D eigenvalue weighted by molar-refractivity contribution is 5.93. The molecule has 9 heteroatoms. The second-order valence-corrected chi connectivity index (χ2v) is 9.34. The number of hydrogen-bond donors (Lipinski definition) is 1. The number of benzene rings is 2. The van der Waals surface area contributed by atoms with Crippen molar-refractivity contribution in [1.29, 1.82) is 5.26 Å². The van der Waals surface area contributed by atoms with Crippen LogP contribution in [0.2, 0.25) is 0 Å². The summed E-state index contributed by atoms with van der Waals surface area (Å²) in [4.78, 5) is 17.3. The molecule has 0 aliphatic carbocycles. The predicted molar refractivity (Wildman–Crippen MR) is 133 cm³/mol. The van der Waals surface area contributed by atoms with Gasteiger partial charge in [-0.1, -0.05) is 6.07 Å². The van der Waals surface area contributed by atoms with Crippen LogP contribution in [0.15, 0.2) is 42.5 Å². The molecule has 186 valence electrons. The Labute approximate surface area is 208 Å². The van der Waals surface area contributed by atoms with E-state index >= 15 is 4.39 Å². The van der Waals surface area contributed by atoms with E-state index in [0.717, 1.165) is 44.5 Å². The number of nitriles is 1. The van der Waals surface area contributed by atoms with E-state index in [9.17, 15) is 9.18 Å². The van der Waals surface area contributed by atoms with Gasteiger partial charge in [0.25, 0.3) is 5.91 Å². The van der Waals surface area contributed by atoms with Crippen molar-refractivity contribution in [2.45, 2.75) is 31.7 Å². The Balaban J connectivity index is 1.57. The number of carbonyl (C=O) groups excluding carboxylic acids is 1. The van der Waals surface area contributed by atoms with E-state index in [-0.39, 0.29) is 28.9 Å². The average Bonchev–Trinajstić information content (AvgIpc) is 3.59. The molecule has 2 fully saturated rings. The fourth-order valence-electron chi connectivity index (χ4n) is 5.04. The summed E-state index contributed by atoms with van der Waals surface area (Å²) in [6, 6.07) is 12.7. The molecule has 0 spiro atoms. The predicted octanol–water partition coefficient (Wildman–Crippen LogP) is 4.11. The van der Waals surface area contributed by atoms with Gasteiger partial charge in [0.15, 0.2) is 11.5 Å². The zero-order valence-corrected chi connectivity index (χ0v) is 20.2. The second kappa shape index (κ2) is 10.1. The number of aromatic nitrogens is 2. The highest BCUT2D eigenvalue weighted by Gasteiger charge is 2.27. The van der Waals surface area contributed by atoms with Crippen molar-refractivity contribution in [2.75, 3.05) is 38.1 Å². The first kappa shape index (κ1) is 23.9. The minimum absolute atomic E-state index is 0.0892. The molecule has 0 radical (unpaired) electrons. The molecular formula is C27H28F2N6O. The van der Waals surface area contributed by atoms with Gasteiger partial charge in [0.2, 0.25) is 0 Å². The van der Waals surface area contributed by atoms with E-state index in [1.165, 1.54) is 22.9 Å². The Morgan fingerprint density at radius 2 is 1.86 bits per heavy atom. The lowest BCUT2D eigenvalue weighted by Crippen LogP contribution is -2.47. The lowest BCUT2D eigenvalue weighted by atomic mass is 10.1. The second-order valence-electron chi connectivity index (χ2n) is 9.34. The van der Waals surface area contributed by atoms with E-state index in [4.69, 9.17) is 5.26 Å². The zero-order valence-electron chi connectivity index (χ0n) is 20.2. The molecule has 5 rings (SSSR count). The summed E-state index contributed by atoms with van der Waals surface area (Å²) in [5.41, 5.74) is 1.81. The number of piperidine rings is 1. The molecule has 36 heavy (non-hydrogen) atoms. The van der Waals surface area contributed by atoms with Gasteiger partial charge in [-0.2, -0.15) is 10.4 Å². The SMILES string of the molecule is CNC1CCCN(C(=O)c2cc(-c3ccc(C#N)c(F)c3)n(-c3ccc(N4CCCC4)cc3F)n2)C1. The van der Waals surface area contributed by atoms with Gasteiger partial charge >= 0.3 is 0 Å². The molecule has 3 aromatic rings. The van der Waals surface area contributed by atoms with Gasteiger partial charge in [-0.05, 0) is 69.1 Å². The normalized spacial score (nSPS) is 17.9. The Morgan fingerprint density at radius 3 is 2.56 bits per heavy atom. The molecule has 0 saturated carbocycles. The van der Waals surface area contributed by atoms with E-state index in [1.54, 1.807) is 23.1 Å². The minimum atomic E-state index is -0.687. The molecule has 1 aromatic heterocycles. The maximum absolute atomic E-state index is 15.4. The minimum Gasteiger partial charge on any atom is -0.371 e. The number of hydrogen-bond acceptors (Lipinski definition) is 5. The van der Waals surface area contributed by atoms with Gasteiger partial charge in [0, 0.05) is 43.5 Å². The molecule has 2 aromatic carbocycles. The standard InChI is InChI=1S/C27H28F2N6O/c1-31-20-5-4-12-34(17-20)27(36)24-15-26(18-6-7-19(16-30)22(28)13-18)35(32-24)25-9-8-21(14-23(25)29)33-10-2-3-11-33/h6-9,13-15,20,31H,2-5,10-12,17H2,1H3. The van der Waals surface area contributed by atoms with Crippen LogP contribution in [0.25, 0.3) is 16.9 Å². The highest BCUT2D eigenvalue weighted by Crippen LogP contribution is 2.30. The lowest BCUT2D eigenvalue weighted by molar-refractivity contribution is 0.0691. The number of likely N-dealkylation sites (tertiary alicyclic amines) is 1. The Hall–Kier alpha value is -3.77. The molecule has 3 heterocycles. The monoisotopic (exact) mass is 490 g/mol. The number of halogens is 2. The van der Waals surface area contributed by atoms with Gasteiger partial charge in [-0.15, -0.1) is 0 Å². The van der Waals surface area contributed by atoms with Crippen LogP contribution in [0, 0.1) is 23.0 Å². The average molecular weight is 491 g/mol. The van der Waals surface area contributed by atoms with Crippen LogP contribution < -0.4 is 10.2 Å². The van der Waals surface area contributed by atoms with E-state index in [1.807, 2.05) is 19.2 Å². The first-order valence-corrected chi connectivity index (χ1v) is 12.3. The van der Waals surface area contributed by atoms with Crippen LogP contribution in [0.4, 0.5) is 14.5 Å². The van der Waals surface area contributed by atoms with Gasteiger partial charge in [-0.25, -0.2) is 13.5 Å². The van der Waals surface area contributed by atoms with Crippen molar-refractivity contribution in [3.8, 4) is 23.0 Å². The summed E-state index contributed by atoms with van der Waals surface area (Å²) in [6.07, 6.45) is 4.01. The largest absolute Gasteiger partial charge is 0.371 e. The maximum Gasteiger partial charge on any atom is 0.274 e. The third kappa shape index (κ3) is 4.56. The third-order valence-electron chi connectivity index (χ3n) is 7.06. The number of anilines is 1. The van der Waals surface area contributed by atoms with Gasteiger partial charge in [0.05, 0.1) is 11.3 Å². The number of amides is 1. The molecule has 2 saturated heterocycles. The number of likely N-dealkylation sites (N-methyl/N-ethyl adjacent to an activating group) is 1. The van der Waals surface area contributed by atoms with E-state index in [2.05, 4.69) is 15.3 Å². The molecular weight excluding hydrogens is 462 g/mol. The number of nitrogens with zero attached hydrogens (tertiary/aromatic N) is 5. The van der Waals surface area contributed by atoms with Crippen LogP contribution in [-0.4, -0.2) is 59.9 Å². The fraction of sp³-hybridized carbons (Fsp3) is 0.370. The first-order chi connectivity index (χ1) is 17.5. The number of nitrogens with one attached hydrogen (secondary N) is 1. The Kier molecular flexibility index (Phi) is 6.70. The zero-order chi connectivity index (χ0) is 25.2. The molecule has 0 bridgehead atoms. The third-order valence-corrected chi connectivity index (χ3v) is 7.06. The Morgan fingerprint density at radius 1 is 1.06 bits per heavy atom. The van der Waals surface area contributed by atoms with Crippen molar-refractivity contribution in [3.05, 3.63) is 65.4 Å². The number of rotatable bonds is 5. The van der Waals surface area contributed by atoms with Crippen LogP contribution in [-0.2, 0) is 0 Å². The van der Waals surface area contributed by atoms with Crippen LogP contribution >= 0.6 is 0 Å². The summed E-state index contributed by atoms with van der Waals surface area (Å²) in [7, 11) is 1.87. The molecule has 1 N–H and O–H groups in total. The smallest absolute Gasteiger partial charge is 0.274 e. The highest BCUT2D eigenvalue weighted by atomic mass is 19.1. The summed E-state index contributed by atoms with van der Waals surface area (Å²) < 4.78 is 31.3. The van der Waals surface area contributed by atoms with Crippen LogP contribution in [0.3, 0.4) is 0 Å². The summed E-state index contributed by atoms with van der Waals surface area (Å²) >= 11 is 0. The van der Waals surface area contributed by atoms with Crippen molar-refractivity contribution < 1.29 is 13.6 Å². The molecule has 1 unspecified atom stereocenters. The van der Waals surface area contributed by atoms with Crippen molar-refractivity contribution in [2.24, 2.45) is 0 Å². The summed E-state index contributed by atoms with van der Waals surface area (Å²) in [5, 5.41) is 16.8. The quantitative estimate of drug-likeness (QED) is 0.583. The lowest BCUT2D eigenvalue weighted by Gasteiger charge is -2.32. The first-order valence-electron chi connectivity index (χ1n) is 12.3. The van der Waals surface area contributed by atoms with Crippen LogP contribution in [0.1, 0.15) is 41.7 Å². The van der Waals surface area contributed by atoms with Crippen molar-refractivity contribution >= 4 is 11.6 Å². The topological polar surface area (TPSA) is 77.2 Å². The fourth-order valence-corrected chi connectivity index (χ4v) is 5.04. The maximum atomic E-state index is 15.4.